The van der Waals surface area contributed by atoms with E-state index >= 15 is 0 Å². The van der Waals surface area contributed by atoms with Crippen LogP contribution in [0.5, 0.6) is 5.75 Å². The summed E-state index contributed by atoms with van der Waals surface area (Å²) in [6, 6.07) is 1.76. The van der Waals surface area contributed by atoms with Crippen LogP contribution in [0.25, 0.3) is 0 Å². The summed E-state index contributed by atoms with van der Waals surface area (Å²) in [5.74, 6) is -1.70. The number of alkyl halides is 2. The van der Waals surface area contributed by atoms with E-state index in [9.17, 15) is 34.8 Å². The number of nitrogens with one attached hydrogen (secondary N) is 2. The van der Waals surface area contributed by atoms with Gasteiger partial charge in [-0.15, -0.1) is 0 Å². The summed E-state index contributed by atoms with van der Waals surface area (Å²) in [7, 11) is -8.33. The third-order valence-corrected chi connectivity index (χ3v) is 9.11. The van der Waals surface area contributed by atoms with Gasteiger partial charge in [-0.2, -0.15) is 13.9 Å². The number of hydrogen-bond acceptors (Lipinski definition) is 7. The van der Waals surface area contributed by atoms with Gasteiger partial charge in [0.05, 0.1) is 29.4 Å². The van der Waals surface area contributed by atoms with Crippen molar-refractivity contribution < 1.29 is 44.6 Å². The summed E-state index contributed by atoms with van der Waals surface area (Å²) >= 11 is 0. The Morgan fingerprint density at radius 3 is 2.54 bits per heavy atom. The molecule has 17 heteroatoms. The highest BCUT2D eigenvalue weighted by Crippen LogP contribution is 2.41. The first-order valence-corrected chi connectivity index (χ1v) is 13.1. The lowest BCUT2D eigenvalue weighted by Crippen LogP contribution is -2.49. The molecule has 35 heavy (non-hydrogen) atoms. The number of ether oxygens (including phenoxy) is 1. The van der Waals surface area contributed by atoms with Crippen molar-refractivity contribution in [3.63, 3.8) is 0 Å². The van der Waals surface area contributed by atoms with E-state index in [1.165, 1.54) is 6.92 Å². The van der Waals surface area contributed by atoms with Gasteiger partial charge >= 0.3 is 12.6 Å². The van der Waals surface area contributed by atoms with Gasteiger partial charge in [0.25, 0.3) is 10.0 Å². The Labute approximate surface area is 197 Å². The normalized spacial score (nSPS) is 18.3. The first kappa shape index (κ1) is 25.1. The summed E-state index contributed by atoms with van der Waals surface area (Å²) in [6.07, 6.45) is -1.16. The fraction of sp³-hybridized carbons (Fsp3) is 0.444. The van der Waals surface area contributed by atoms with Crippen LogP contribution >= 0.6 is 0 Å². The molecular weight excluding hydrogens is 519 g/mol. The Balaban J connectivity index is 1.76. The van der Waals surface area contributed by atoms with Gasteiger partial charge in [-0.05, 0) is 25.8 Å². The molecule has 0 radical (unpaired) electrons. The number of carbonyl (C=O) groups is 1. The van der Waals surface area contributed by atoms with Crippen molar-refractivity contribution in [3.05, 3.63) is 29.8 Å². The molecule has 192 valence electrons. The second kappa shape index (κ2) is 8.87. The zero-order valence-electron chi connectivity index (χ0n) is 18.0. The smallest absolute Gasteiger partial charge is 0.409 e. The number of carboxylic acid groups (broad SMARTS) is 1. The zero-order chi connectivity index (χ0) is 25.7. The Hall–Kier alpha value is -3.05. The van der Waals surface area contributed by atoms with Crippen LogP contribution in [0.2, 0.25) is 0 Å². The van der Waals surface area contributed by atoms with Crippen LogP contribution in [0.3, 0.4) is 0 Å². The van der Waals surface area contributed by atoms with Crippen LogP contribution < -0.4 is 19.1 Å². The van der Waals surface area contributed by atoms with Gasteiger partial charge in [0, 0.05) is 18.3 Å². The molecule has 0 saturated heterocycles. The number of halogens is 3. The van der Waals surface area contributed by atoms with Crippen LogP contribution in [0.15, 0.2) is 23.2 Å². The van der Waals surface area contributed by atoms with Gasteiger partial charge in [0.15, 0.2) is 11.6 Å². The number of benzene rings is 1. The lowest BCUT2D eigenvalue weighted by atomic mass is 10.2. The second-order valence-corrected chi connectivity index (χ2v) is 11.8. The summed E-state index contributed by atoms with van der Waals surface area (Å²) in [4.78, 5) is 10.4. The predicted molar refractivity (Wildman–Crippen MR) is 115 cm³/mol. The standard InChI is InChI=1S/C18H20F3N5O7S2/c1-9-15(8-25(24-9)17(20)21)35(31,32)26-7-11(6-22-34(29,30)12-2-3-12)33-16-13(19)4-10(5-14(16)26)23-18(27)28/h4-5,8,11-12,17,22-23H,2-3,6-7H2,1H3,(H,27,28). The fourth-order valence-corrected chi connectivity index (χ4v) is 6.60. The Morgan fingerprint density at radius 2 is 1.97 bits per heavy atom. The van der Waals surface area contributed by atoms with E-state index in [0.717, 1.165) is 12.1 Å². The summed E-state index contributed by atoms with van der Waals surface area (Å²) in [6.45, 7) is -2.86. The highest BCUT2D eigenvalue weighted by molar-refractivity contribution is 7.93. The Bertz CT molecular complexity index is 1380. The van der Waals surface area contributed by atoms with Gasteiger partial charge in [-0.25, -0.2) is 35.4 Å². The molecule has 0 spiro atoms. The maximum atomic E-state index is 14.9. The quantitative estimate of drug-likeness (QED) is 0.458. The van der Waals surface area contributed by atoms with Crippen LogP contribution in [-0.2, 0) is 20.0 Å². The Morgan fingerprint density at radius 1 is 1.29 bits per heavy atom. The third-order valence-electron chi connectivity index (χ3n) is 5.31. The lowest BCUT2D eigenvalue weighted by Gasteiger charge is -2.35. The molecule has 3 N–H and O–H groups in total. The monoisotopic (exact) mass is 539 g/mol. The second-order valence-electron chi connectivity index (χ2n) is 7.94. The van der Waals surface area contributed by atoms with E-state index in [1.54, 1.807) is 0 Å². The predicted octanol–water partition coefficient (Wildman–Crippen LogP) is 1.85. The largest absolute Gasteiger partial charge is 0.482 e. The SMILES string of the molecule is Cc1nn(C(F)F)cc1S(=O)(=O)N1CC(CNS(=O)(=O)C2CC2)Oc2c(F)cc(NC(=O)O)cc21. The number of sulfonamides is 2. The van der Waals surface area contributed by atoms with E-state index in [-0.39, 0.29) is 16.1 Å². The maximum absolute atomic E-state index is 14.9. The van der Waals surface area contributed by atoms with Crippen LogP contribution in [-0.4, -0.2) is 62.3 Å². The van der Waals surface area contributed by atoms with Crippen molar-refractivity contribution in [2.75, 3.05) is 22.7 Å². The van der Waals surface area contributed by atoms with Crippen LogP contribution in [0.1, 0.15) is 25.1 Å². The molecule has 1 aromatic heterocycles. The third kappa shape index (κ3) is 5.01. The molecule has 1 unspecified atom stereocenters. The van der Waals surface area contributed by atoms with E-state index in [4.69, 9.17) is 9.84 Å². The van der Waals surface area contributed by atoms with Gasteiger partial charge in [0.1, 0.15) is 11.0 Å². The molecule has 2 aliphatic rings. The van der Waals surface area contributed by atoms with Crippen molar-refractivity contribution in [1.29, 1.82) is 0 Å². The van der Waals surface area contributed by atoms with Crippen LogP contribution in [0, 0.1) is 12.7 Å². The molecule has 1 aromatic carbocycles. The van der Waals surface area contributed by atoms with Crippen molar-refractivity contribution in [2.24, 2.45) is 0 Å². The molecule has 1 amide bonds. The topological polar surface area (TPSA) is 160 Å². The average Bonchev–Trinajstić information content (AvgIpc) is 3.54. The number of anilines is 2. The van der Waals surface area contributed by atoms with Crippen molar-refractivity contribution in [3.8, 4) is 5.75 Å². The molecule has 0 bridgehead atoms. The summed E-state index contributed by atoms with van der Waals surface area (Å²) in [5, 5.41) is 13.8. The molecule has 1 atom stereocenters. The molecule has 1 aliphatic carbocycles. The minimum absolute atomic E-state index is 0.147. The van der Waals surface area contributed by atoms with E-state index in [0.29, 0.717) is 23.3 Å². The van der Waals surface area contributed by atoms with Crippen molar-refractivity contribution in [2.45, 2.75) is 42.6 Å². The molecule has 1 aliphatic heterocycles. The highest BCUT2D eigenvalue weighted by atomic mass is 32.2. The number of rotatable bonds is 8. The lowest BCUT2D eigenvalue weighted by molar-refractivity contribution is 0.0561. The fourth-order valence-electron chi connectivity index (χ4n) is 3.54. The molecular formula is C18H20F3N5O7S2. The minimum atomic E-state index is -4.65. The van der Waals surface area contributed by atoms with E-state index in [2.05, 4.69) is 9.82 Å². The highest BCUT2D eigenvalue weighted by Gasteiger charge is 2.40. The first-order chi connectivity index (χ1) is 16.3. The molecule has 12 nitrogen and oxygen atoms in total. The number of fused-ring (bicyclic) bond motifs is 1. The molecule has 4 rings (SSSR count). The molecule has 2 aromatic rings. The number of amides is 1. The minimum Gasteiger partial charge on any atom is -0.482 e. The van der Waals surface area contributed by atoms with Gasteiger partial charge in [-0.3, -0.25) is 9.62 Å². The average molecular weight is 540 g/mol. The molecule has 1 saturated carbocycles. The molecule has 2 heterocycles. The van der Waals surface area contributed by atoms with Gasteiger partial charge in [-0.1, -0.05) is 0 Å². The van der Waals surface area contributed by atoms with E-state index < -0.39 is 79.3 Å². The van der Waals surface area contributed by atoms with Crippen molar-refractivity contribution >= 4 is 37.5 Å². The number of nitrogens with zero attached hydrogens (tertiary/aromatic N) is 3. The van der Waals surface area contributed by atoms with Crippen molar-refractivity contribution in [1.82, 2.24) is 14.5 Å². The van der Waals surface area contributed by atoms with E-state index in [1.807, 2.05) is 5.32 Å². The van der Waals surface area contributed by atoms with Crippen LogP contribution in [0.4, 0.5) is 29.3 Å². The summed E-state index contributed by atoms with van der Waals surface area (Å²) in [5.41, 5.74) is -0.978. The maximum Gasteiger partial charge on any atom is 0.409 e. The number of aromatic nitrogens is 2. The summed E-state index contributed by atoms with van der Waals surface area (Å²) < 4.78 is 101. The zero-order valence-corrected chi connectivity index (χ0v) is 19.6. The molecule has 1 fully saturated rings. The number of hydrogen-bond donors (Lipinski definition) is 3. The Kier molecular flexibility index (Phi) is 6.35. The van der Waals surface area contributed by atoms with Gasteiger partial charge in [0.2, 0.25) is 10.0 Å². The number of aryl methyl sites for hydroxylation is 1. The first-order valence-electron chi connectivity index (χ1n) is 10.1. The van der Waals surface area contributed by atoms with Gasteiger partial charge < -0.3 is 9.84 Å².